The van der Waals surface area contributed by atoms with E-state index in [1.165, 1.54) is 31.4 Å². The molecule has 0 aromatic carbocycles. The maximum absolute atomic E-state index is 6.06. The van der Waals surface area contributed by atoms with Gasteiger partial charge in [-0.3, -0.25) is 0 Å². The van der Waals surface area contributed by atoms with Gasteiger partial charge in [0.05, 0.1) is 6.61 Å². The van der Waals surface area contributed by atoms with E-state index >= 15 is 0 Å². The van der Waals surface area contributed by atoms with Crippen molar-refractivity contribution in [2.24, 2.45) is 11.7 Å². The topological polar surface area (TPSA) is 35.2 Å². The predicted octanol–water partition coefficient (Wildman–Crippen LogP) is 2.03. The minimum atomic E-state index is 0.371. The molecule has 0 amide bonds. The fourth-order valence-electron chi connectivity index (χ4n) is 2.34. The zero-order valence-electron chi connectivity index (χ0n) is 8.78. The summed E-state index contributed by atoms with van der Waals surface area (Å²) in [5.74, 6) is 2.27. The molecular formula is C11H21NOS. The van der Waals surface area contributed by atoms with E-state index in [9.17, 15) is 0 Å². The summed E-state index contributed by atoms with van der Waals surface area (Å²) in [5.41, 5.74) is 6.06. The molecule has 1 heterocycles. The number of hydrogen-bond acceptors (Lipinski definition) is 3. The highest BCUT2D eigenvalue weighted by Gasteiger charge is 2.24. The summed E-state index contributed by atoms with van der Waals surface area (Å²) in [6, 6.07) is 0.371. The Bertz CT molecular complexity index is 171. The van der Waals surface area contributed by atoms with E-state index in [1.807, 2.05) is 0 Å². The fourth-order valence-corrected chi connectivity index (χ4v) is 3.77. The first-order valence-corrected chi connectivity index (χ1v) is 6.86. The first kappa shape index (κ1) is 10.8. The van der Waals surface area contributed by atoms with Gasteiger partial charge in [-0.05, 0) is 30.9 Å². The van der Waals surface area contributed by atoms with E-state index in [0.717, 1.165) is 25.6 Å². The summed E-state index contributed by atoms with van der Waals surface area (Å²) >= 11 is 2.05. The SMILES string of the molecule is NC1CCOCC1SCC1CCCC1. The summed E-state index contributed by atoms with van der Waals surface area (Å²) in [6.45, 7) is 1.74. The Labute approximate surface area is 91.0 Å². The second-order valence-electron chi connectivity index (χ2n) is 4.55. The van der Waals surface area contributed by atoms with Gasteiger partial charge >= 0.3 is 0 Å². The van der Waals surface area contributed by atoms with Crippen molar-refractivity contribution < 1.29 is 4.74 Å². The van der Waals surface area contributed by atoms with Gasteiger partial charge in [-0.1, -0.05) is 12.8 Å². The average Bonchev–Trinajstić information content (AvgIpc) is 2.69. The lowest BCUT2D eigenvalue weighted by atomic mass is 10.1. The molecule has 2 aliphatic rings. The minimum absolute atomic E-state index is 0.371. The van der Waals surface area contributed by atoms with Crippen LogP contribution >= 0.6 is 11.8 Å². The van der Waals surface area contributed by atoms with E-state index in [1.54, 1.807) is 0 Å². The van der Waals surface area contributed by atoms with Gasteiger partial charge in [0.15, 0.2) is 0 Å². The van der Waals surface area contributed by atoms with Gasteiger partial charge in [0.2, 0.25) is 0 Å². The largest absolute Gasteiger partial charge is 0.380 e. The van der Waals surface area contributed by atoms with E-state index in [2.05, 4.69) is 11.8 Å². The highest BCUT2D eigenvalue weighted by Crippen LogP contribution is 2.30. The number of ether oxygens (including phenoxy) is 1. The molecule has 2 unspecified atom stereocenters. The number of rotatable bonds is 3. The van der Waals surface area contributed by atoms with Crippen LogP contribution < -0.4 is 5.73 Å². The van der Waals surface area contributed by atoms with E-state index in [4.69, 9.17) is 10.5 Å². The van der Waals surface area contributed by atoms with Gasteiger partial charge < -0.3 is 10.5 Å². The Morgan fingerprint density at radius 2 is 2.00 bits per heavy atom. The molecule has 2 nitrogen and oxygen atoms in total. The highest BCUT2D eigenvalue weighted by atomic mass is 32.2. The lowest BCUT2D eigenvalue weighted by Crippen LogP contribution is -2.41. The fraction of sp³-hybridized carbons (Fsp3) is 1.00. The molecule has 1 saturated carbocycles. The van der Waals surface area contributed by atoms with Crippen molar-refractivity contribution in [3.8, 4) is 0 Å². The molecule has 1 saturated heterocycles. The zero-order valence-corrected chi connectivity index (χ0v) is 9.60. The Hall–Kier alpha value is 0.270. The first-order chi connectivity index (χ1) is 6.86. The van der Waals surface area contributed by atoms with E-state index in [-0.39, 0.29) is 0 Å². The second kappa shape index (κ2) is 5.38. The van der Waals surface area contributed by atoms with Crippen LogP contribution in [-0.4, -0.2) is 30.3 Å². The molecule has 0 bridgehead atoms. The summed E-state index contributed by atoms with van der Waals surface area (Å²) in [7, 11) is 0. The van der Waals surface area contributed by atoms with E-state index < -0.39 is 0 Å². The Kier molecular flexibility index (Phi) is 4.14. The third-order valence-corrected chi connectivity index (χ3v) is 4.95. The molecule has 0 aromatic rings. The van der Waals surface area contributed by atoms with Gasteiger partial charge in [-0.15, -0.1) is 0 Å². The van der Waals surface area contributed by atoms with Crippen LogP contribution in [0, 0.1) is 5.92 Å². The molecule has 14 heavy (non-hydrogen) atoms. The van der Waals surface area contributed by atoms with Crippen molar-refractivity contribution in [2.75, 3.05) is 19.0 Å². The van der Waals surface area contributed by atoms with Crippen LogP contribution in [0.1, 0.15) is 32.1 Å². The standard InChI is InChI=1S/C11H21NOS/c12-10-5-6-13-7-11(10)14-8-9-3-1-2-4-9/h9-11H,1-8,12H2. The van der Waals surface area contributed by atoms with Crippen molar-refractivity contribution in [1.82, 2.24) is 0 Å². The summed E-state index contributed by atoms with van der Waals surface area (Å²) in [4.78, 5) is 0. The minimum Gasteiger partial charge on any atom is -0.380 e. The average molecular weight is 215 g/mol. The number of nitrogens with two attached hydrogens (primary N) is 1. The van der Waals surface area contributed by atoms with Crippen LogP contribution in [0.2, 0.25) is 0 Å². The van der Waals surface area contributed by atoms with E-state index in [0.29, 0.717) is 11.3 Å². The predicted molar refractivity (Wildman–Crippen MR) is 61.6 cm³/mol. The molecule has 2 N–H and O–H groups in total. The summed E-state index contributed by atoms with van der Waals surface area (Å²) in [5, 5.41) is 0.560. The van der Waals surface area contributed by atoms with Crippen molar-refractivity contribution >= 4 is 11.8 Å². The van der Waals surface area contributed by atoms with Gasteiger partial charge in [0.25, 0.3) is 0 Å². The molecular weight excluding hydrogens is 194 g/mol. The zero-order chi connectivity index (χ0) is 9.80. The molecule has 2 fully saturated rings. The Morgan fingerprint density at radius 3 is 2.71 bits per heavy atom. The van der Waals surface area contributed by atoms with Crippen LogP contribution in [0.5, 0.6) is 0 Å². The maximum Gasteiger partial charge on any atom is 0.0600 e. The van der Waals surface area contributed by atoms with Crippen molar-refractivity contribution in [1.29, 1.82) is 0 Å². The second-order valence-corrected chi connectivity index (χ2v) is 5.82. The quantitative estimate of drug-likeness (QED) is 0.782. The highest BCUT2D eigenvalue weighted by molar-refractivity contribution is 8.00. The third kappa shape index (κ3) is 2.88. The summed E-state index contributed by atoms with van der Waals surface area (Å²) in [6.07, 6.45) is 6.81. The van der Waals surface area contributed by atoms with Crippen LogP contribution in [0.25, 0.3) is 0 Å². The van der Waals surface area contributed by atoms with Crippen molar-refractivity contribution in [2.45, 2.75) is 43.4 Å². The third-order valence-electron chi connectivity index (χ3n) is 3.38. The molecule has 0 spiro atoms. The van der Waals surface area contributed by atoms with Gasteiger partial charge in [0, 0.05) is 17.9 Å². The lowest BCUT2D eigenvalue weighted by molar-refractivity contribution is 0.0915. The van der Waals surface area contributed by atoms with Gasteiger partial charge in [-0.25, -0.2) is 0 Å². The number of thioether (sulfide) groups is 1. The molecule has 1 aliphatic carbocycles. The molecule has 0 aromatic heterocycles. The van der Waals surface area contributed by atoms with Crippen LogP contribution in [-0.2, 0) is 4.74 Å². The van der Waals surface area contributed by atoms with Crippen LogP contribution in [0.3, 0.4) is 0 Å². The van der Waals surface area contributed by atoms with Gasteiger partial charge in [0.1, 0.15) is 0 Å². The maximum atomic E-state index is 6.06. The van der Waals surface area contributed by atoms with Crippen LogP contribution in [0.4, 0.5) is 0 Å². The monoisotopic (exact) mass is 215 g/mol. The van der Waals surface area contributed by atoms with Crippen molar-refractivity contribution in [3.05, 3.63) is 0 Å². The molecule has 3 heteroatoms. The molecule has 2 rings (SSSR count). The van der Waals surface area contributed by atoms with Crippen LogP contribution in [0.15, 0.2) is 0 Å². The Balaban J connectivity index is 1.67. The smallest absolute Gasteiger partial charge is 0.0600 e. The normalized spacial score (nSPS) is 34.9. The number of hydrogen-bond donors (Lipinski definition) is 1. The summed E-state index contributed by atoms with van der Waals surface area (Å²) < 4.78 is 5.47. The molecule has 82 valence electrons. The lowest BCUT2D eigenvalue weighted by Gasteiger charge is -2.28. The first-order valence-electron chi connectivity index (χ1n) is 5.81. The van der Waals surface area contributed by atoms with Gasteiger partial charge in [-0.2, -0.15) is 11.8 Å². The molecule has 2 atom stereocenters. The molecule has 1 aliphatic heterocycles. The van der Waals surface area contributed by atoms with Crippen molar-refractivity contribution in [3.63, 3.8) is 0 Å². The molecule has 0 radical (unpaired) electrons. The Morgan fingerprint density at radius 1 is 1.21 bits per heavy atom.